The third-order valence-electron chi connectivity index (χ3n) is 3.05. The van der Waals surface area contributed by atoms with Crippen LogP contribution in [0.5, 0.6) is 0 Å². The molecule has 92 valence electrons. The highest BCUT2D eigenvalue weighted by molar-refractivity contribution is 7.17. The van der Waals surface area contributed by atoms with Gasteiger partial charge in [0.05, 0.1) is 15.2 Å². The van der Waals surface area contributed by atoms with Crippen molar-refractivity contribution in [2.75, 3.05) is 0 Å². The van der Waals surface area contributed by atoms with Gasteiger partial charge in [0.25, 0.3) is 0 Å². The van der Waals surface area contributed by atoms with Crippen molar-refractivity contribution in [2.45, 2.75) is 13.5 Å². The molecule has 18 heavy (non-hydrogen) atoms. The molecule has 3 aromatic rings. The quantitative estimate of drug-likeness (QED) is 0.632. The van der Waals surface area contributed by atoms with Crippen molar-refractivity contribution in [3.63, 3.8) is 0 Å². The number of hydrogen-bond donors (Lipinski definition) is 0. The SMILES string of the molecule is Cc1cc2sccc2n1Cc1ccc(Cl)c(F)c1. The second-order valence-corrected chi connectivity index (χ2v) is 5.65. The number of thiophene rings is 1. The highest BCUT2D eigenvalue weighted by atomic mass is 35.5. The average Bonchev–Trinajstić information content (AvgIpc) is 2.87. The maximum absolute atomic E-state index is 13.4. The lowest BCUT2D eigenvalue weighted by Gasteiger charge is -2.08. The van der Waals surface area contributed by atoms with E-state index in [-0.39, 0.29) is 10.8 Å². The van der Waals surface area contributed by atoms with Gasteiger partial charge in [-0.25, -0.2) is 4.39 Å². The summed E-state index contributed by atoms with van der Waals surface area (Å²) in [6, 6.07) is 9.23. The van der Waals surface area contributed by atoms with Crippen molar-refractivity contribution < 1.29 is 4.39 Å². The second kappa shape index (κ2) is 4.41. The molecule has 0 atom stereocenters. The minimum Gasteiger partial charge on any atom is -0.340 e. The molecule has 1 aromatic carbocycles. The molecule has 0 spiro atoms. The molecule has 0 aliphatic rings. The number of aryl methyl sites for hydroxylation is 1. The number of fused-ring (bicyclic) bond motifs is 1. The monoisotopic (exact) mass is 279 g/mol. The second-order valence-electron chi connectivity index (χ2n) is 4.29. The molecule has 2 aromatic heterocycles. The number of nitrogens with zero attached hydrogens (tertiary/aromatic N) is 1. The zero-order valence-corrected chi connectivity index (χ0v) is 11.4. The average molecular weight is 280 g/mol. The Morgan fingerprint density at radius 2 is 2.11 bits per heavy atom. The lowest BCUT2D eigenvalue weighted by atomic mass is 10.2. The van der Waals surface area contributed by atoms with Gasteiger partial charge in [0.1, 0.15) is 5.82 Å². The summed E-state index contributed by atoms with van der Waals surface area (Å²) in [6.07, 6.45) is 0. The third kappa shape index (κ3) is 1.93. The first-order valence-electron chi connectivity index (χ1n) is 5.62. The lowest BCUT2D eigenvalue weighted by Crippen LogP contribution is -2.01. The van der Waals surface area contributed by atoms with Crippen LogP contribution in [0.15, 0.2) is 35.7 Å². The minimum absolute atomic E-state index is 0.170. The Labute approximate surface area is 113 Å². The van der Waals surface area contributed by atoms with E-state index in [4.69, 9.17) is 11.6 Å². The van der Waals surface area contributed by atoms with Crippen LogP contribution < -0.4 is 0 Å². The Balaban J connectivity index is 2.03. The van der Waals surface area contributed by atoms with Crippen molar-refractivity contribution in [1.82, 2.24) is 4.57 Å². The maximum atomic E-state index is 13.4. The summed E-state index contributed by atoms with van der Waals surface area (Å²) in [5.41, 5.74) is 3.31. The van der Waals surface area contributed by atoms with Gasteiger partial charge in [0.15, 0.2) is 0 Å². The van der Waals surface area contributed by atoms with E-state index in [1.54, 1.807) is 17.4 Å². The molecule has 4 heteroatoms. The molecule has 3 rings (SSSR count). The van der Waals surface area contributed by atoms with Crippen LogP contribution >= 0.6 is 22.9 Å². The zero-order chi connectivity index (χ0) is 12.7. The molecular weight excluding hydrogens is 269 g/mol. The first kappa shape index (κ1) is 11.8. The number of benzene rings is 1. The van der Waals surface area contributed by atoms with Gasteiger partial charge in [0.2, 0.25) is 0 Å². The molecule has 0 amide bonds. The molecule has 0 bridgehead atoms. The van der Waals surface area contributed by atoms with Gasteiger partial charge in [-0.3, -0.25) is 0 Å². The molecule has 0 aliphatic carbocycles. The Hall–Kier alpha value is -1.32. The van der Waals surface area contributed by atoms with Crippen LogP contribution in [-0.4, -0.2) is 4.57 Å². The van der Waals surface area contributed by atoms with E-state index >= 15 is 0 Å². The molecule has 0 saturated carbocycles. The van der Waals surface area contributed by atoms with Gasteiger partial charge in [0, 0.05) is 12.2 Å². The third-order valence-corrected chi connectivity index (χ3v) is 4.21. The van der Waals surface area contributed by atoms with Crippen molar-refractivity contribution in [2.24, 2.45) is 0 Å². The fourth-order valence-corrected chi connectivity index (χ4v) is 3.13. The fourth-order valence-electron chi connectivity index (χ4n) is 2.13. The zero-order valence-electron chi connectivity index (χ0n) is 9.78. The Bertz CT molecular complexity index is 714. The molecule has 0 aliphatic heterocycles. The topological polar surface area (TPSA) is 4.93 Å². The highest BCUT2D eigenvalue weighted by Crippen LogP contribution is 2.26. The molecule has 0 radical (unpaired) electrons. The van der Waals surface area contributed by atoms with E-state index in [9.17, 15) is 4.39 Å². The summed E-state index contributed by atoms with van der Waals surface area (Å²) in [6.45, 7) is 2.74. The predicted molar refractivity (Wildman–Crippen MR) is 75.1 cm³/mol. The Kier molecular flexibility index (Phi) is 2.88. The lowest BCUT2D eigenvalue weighted by molar-refractivity contribution is 0.624. The Morgan fingerprint density at radius 1 is 1.28 bits per heavy atom. The Morgan fingerprint density at radius 3 is 2.89 bits per heavy atom. The van der Waals surface area contributed by atoms with Crippen LogP contribution in [0, 0.1) is 12.7 Å². The molecule has 0 N–H and O–H groups in total. The summed E-state index contributed by atoms with van der Waals surface area (Å²) in [7, 11) is 0. The van der Waals surface area contributed by atoms with Crippen molar-refractivity contribution in [3.8, 4) is 0 Å². The van der Waals surface area contributed by atoms with Crippen LogP contribution in [0.1, 0.15) is 11.3 Å². The van der Waals surface area contributed by atoms with Gasteiger partial charge < -0.3 is 4.57 Å². The van der Waals surface area contributed by atoms with Crippen molar-refractivity contribution in [3.05, 3.63) is 57.8 Å². The van der Waals surface area contributed by atoms with Gasteiger partial charge >= 0.3 is 0 Å². The van der Waals surface area contributed by atoms with E-state index < -0.39 is 0 Å². The van der Waals surface area contributed by atoms with Crippen LogP contribution in [0.2, 0.25) is 5.02 Å². The van der Waals surface area contributed by atoms with Crippen LogP contribution in [0.4, 0.5) is 4.39 Å². The van der Waals surface area contributed by atoms with Crippen molar-refractivity contribution >= 4 is 33.2 Å². The molecule has 2 heterocycles. The summed E-state index contributed by atoms with van der Waals surface area (Å²) >= 11 is 7.41. The van der Waals surface area contributed by atoms with E-state index in [0.29, 0.717) is 6.54 Å². The molecule has 1 nitrogen and oxygen atoms in total. The fraction of sp³-hybridized carbons (Fsp3) is 0.143. The summed E-state index contributed by atoms with van der Waals surface area (Å²) in [5.74, 6) is -0.361. The maximum Gasteiger partial charge on any atom is 0.142 e. The van der Waals surface area contributed by atoms with E-state index in [1.807, 2.05) is 6.07 Å². The first-order chi connectivity index (χ1) is 8.65. The van der Waals surface area contributed by atoms with Crippen LogP contribution in [0.3, 0.4) is 0 Å². The minimum atomic E-state index is -0.361. The first-order valence-corrected chi connectivity index (χ1v) is 6.88. The standard InChI is InChI=1S/C14H11ClFNS/c1-9-6-14-13(4-5-18-14)17(9)8-10-2-3-11(15)12(16)7-10/h2-7H,8H2,1H3. The largest absolute Gasteiger partial charge is 0.340 e. The van der Waals surface area contributed by atoms with Gasteiger partial charge in [-0.2, -0.15) is 0 Å². The number of halogens is 2. The van der Waals surface area contributed by atoms with Crippen LogP contribution in [0.25, 0.3) is 10.2 Å². The van der Waals surface area contributed by atoms with Gasteiger partial charge in [-0.05, 0) is 42.1 Å². The number of aromatic nitrogens is 1. The number of hydrogen-bond acceptors (Lipinski definition) is 1. The smallest absolute Gasteiger partial charge is 0.142 e. The number of rotatable bonds is 2. The van der Waals surface area contributed by atoms with Crippen molar-refractivity contribution in [1.29, 1.82) is 0 Å². The van der Waals surface area contributed by atoms with Crippen LogP contribution in [-0.2, 0) is 6.54 Å². The highest BCUT2D eigenvalue weighted by Gasteiger charge is 2.08. The van der Waals surface area contributed by atoms with Gasteiger partial charge in [-0.1, -0.05) is 17.7 Å². The van der Waals surface area contributed by atoms with E-state index in [1.165, 1.54) is 22.0 Å². The normalized spacial score (nSPS) is 11.3. The molecule has 0 unspecified atom stereocenters. The summed E-state index contributed by atoms with van der Waals surface area (Å²) in [5, 5.41) is 2.24. The summed E-state index contributed by atoms with van der Waals surface area (Å²) < 4.78 is 16.9. The van der Waals surface area contributed by atoms with Gasteiger partial charge in [-0.15, -0.1) is 11.3 Å². The predicted octanol–water partition coefficient (Wildman–Crippen LogP) is 4.85. The molecule has 0 saturated heterocycles. The summed E-state index contributed by atoms with van der Waals surface area (Å²) in [4.78, 5) is 0. The molecule has 0 fully saturated rings. The molecular formula is C14H11ClFNS. The van der Waals surface area contributed by atoms with E-state index in [2.05, 4.69) is 29.0 Å². The van der Waals surface area contributed by atoms with E-state index in [0.717, 1.165) is 5.56 Å².